The lowest BCUT2D eigenvalue weighted by Crippen LogP contribution is -2.68. The summed E-state index contributed by atoms with van der Waals surface area (Å²) in [4.78, 5) is 0. The molecule has 4 heteroatoms. The molecule has 0 N–H and O–H groups in total. The quantitative estimate of drug-likeness (QED) is 0.133. The first kappa shape index (κ1) is 32.5. The fourth-order valence-electron chi connectivity index (χ4n) is 4.59. The third-order valence-corrected chi connectivity index (χ3v) is 17.5. The van der Waals surface area contributed by atoms with E-state index in [1.165, 1.54) is 29.6 Å². The molecule has 0 bridgehead atoms. The van der Waals surface area contributed by atoms with E-state index >= 15 is 0 Å². The van der Waals surface area contributed by atoms with Crippen molar-refractivity contribution in [2.75, 3.05) is 6.61 Å². The second-order valence-corrected chi connectivity index (χ2v) is 22.1. The maximum atomic E-state index is 7.47. The second kappa shape index (κ2) is 14.6. The summed E-state index contributed by atoms with van der Waals surface area (Å²) >= 11 is 0. The molecule has 0 amide bonds. The predicted molar refractivity (Wildman–Crippen MR) is 173 cm³/mol. The van der Waals surface area contributed by atoms with Crippen molar-refractivity contribution in [3.8, 4) is 0 Å². The monoisotopic (exact) mass is 550 g/mol. The normalized spacial score (nSPS) is 14.4. The molecule has 2 nitrogen and oxygen atoms in total. The highest BCUT2D eigenvalue weighted by Crippen LogP contribution is 2.39. The third-order valence-electron chi connectivity index (χ3n) is 7.92. The molecular weight excluding hydrogens is 497 g/mol. The van der Waals surface area contributed by atoms with Gasteiger partial charge in [-0.2, -0.15) is 0 Å². The van der Waals surface area contributed by atoms with Gasteiger partial charge in [-0.15, -0.1) is 0 Å². The van der Waals surface area contributed by atoms with Crippen LogP contribution < -0.4 is 10.4 Å². The van der Waals surface area contributed by atoms with Gasteiger partial charge in [0.1, 0.15) is 0 Å². The van der Waals surface area contributed by atoms with Gasteiger partial charge in [-0.05, 0) is 52.8 Å². The summed E-state index contributed by atoms with van der Waals surface area (Å²) in [6.07, 6.45) is 15.0. The van der Waals surface area contributed by atoms with Gasteiger partial charge < -0.3 is 8.85 Å². The second-order valence-electron chi connectivity index (χ2n) is 13.0. The van der Waals surface area contributed by atoms with Gasteiger partial charge in [0.25, 0.3) is 8.32 Å². The van der Waals surface area contributed by atoms with Crippen LogP contribution in [0.15, 0.2) is 85.0 Å². The van der Waals surface area contributed by atoms with Crippen molar-refractivity contribution < 1.29 is 8.85 Å². The SMILES string of the molecule is CCCCC/C=C\C/C=C\[C@@H](CO[Si](C)(C)C(C)(C)C)O[Si](c1ccccc1)(c1ccccc1)C(C)(C)C. The molecule has 2 rings (SSSR count). The molecule has 0 aliphatic carbocycles. The number of benzene rings is 2. The van der Waals surface area contributed by atoms with Gasteiger partial charge in [0.05, 0.1) is 12.7 Å². The molecule has 2 aromatic rings. The van der Waals surface area contributed by atoms with Gasteiger partial charge in [-0.3, -0.25) is 0 Å². The molecule has 2 aromatic carbocycles. The predicted octanol–water partition coefficient (Wildman–Crippen LogP) is 9.04. The minimum absolute atomic E-state index is 0.0715. The van der Waals surface area contributed by atoms with Crippen molar-refractivity contribution in [2.24, 2.45) is 0 Å². The topological polar surface area (TPSA) is 18.5 Å². The molecule has 0 unspecified atom stereocenters. The molecule has 38 heavy (non-hydrogen) atoms. The summed E-state index contributed by atoms with van der Waals surface area (Å²) in [6.45, 7) is 21.4. The Hall–Kier alpha value is -1.73. The van der Waals surface area contributed by atoms with Gasteiger partial charge in [0, 0.05) is 0 Å². The Bertz CT molecular complexity index is 943. The molecule has 210 valence electrons. The van der Waals surface area contributed by atoms with Crippen LogP contribution in [0.2, 0.25) is 23.2 Å². The van der Waals surface area contributed by atoms with E-state index in [4.69, 9.17) is 8.85 Å². The maximum Gasteiger partial charge on any atom is 0.261 e. The summed E-state index contributed by atoms with van der Waals surface area (Å²) in [6, 6.07) is 21.8. The summed E-state index contributed by atoms with van der Waals surface area (Å²) in [5.41, 5.74) is 0. The Balaban J connectivity index is 2.46. The zero-order valence-electron chi connectivity index (χ0n) is 25.7. The van der Waals surface area contributed by atoms with Crippen LogP contribution in [0.4, 0.5) is 0 Å². The Kier molecular flexibility index (Phi) is 12.5. The van der Waals surface area contributed by atoms with E-state index in [9.17, 15) is 0 Å². The zero-order valence-corrected chi connectivity index (χ0v) is 27.7. The van der Waals surface area contributed by atoms with Crippen molar-refractivity contribution in [1.29, 1.82) is 0 Å². The maximum absolute atomic E-state index is 7.47. The van der Waals surface area contributed by atoms with Crippen molar-refractivity contribution >= 4 is 27.0 Å². The Labute approximate surface area is 236 Å². The van der Waals surface area contributed by atoms with Crippen molar-refractivity contribution in [2.45, 2.75) is 110 Å². The molecule has 0 aliphatic rings. The smallest absolute Gasteiger partial charge is 0.261 e. The van der Waals surface area contributed by atoms with E-state index in [1.54, 1.807) is 0 Å². The number of unbranched alkanes of at least 4 members (excludes halogenated alkanes) is 3. The van der Waals surface area contributed by atoms with E-state index < -0.39 is 16.6 Å². The van der Waals surface area contributed by atoms with E-state index in [0.29, 0.717) is 6.61 Å². The van der Waals surface area contributed by atoms with Crippen LogP contribution >= 0.6 is 0 Å². The number of hydrogen-bond acceptors (Lipinski definition) is 2. The van der Waals surface area contributed by atoms with E-state index in [2.05, 4.69) is 147 Å². The summed E-state index contributed by atoms with van der Waals surface area (Å²) in [5, 5.41) is 2.69. The van der Waals surface area contributed by atoms with Gasteiger partial charge in [0.15, 0.2) is 8.32 Å². The molecule has 0 radical (unpaired) electrons. The van der Waals surface area contributed by atoms with Crippen LogP contribution in [-0.2, 0) is 8.85 Å². The van der Waals surface area contributed by atoms with Crippen LogP contribution in [0, 0.1) is 0 Å². The van der Waals surface area contributed by atoms with Gasteiger partial charge in [-0.1, -0.05) is 146 Å². The Morgan fingerprint density at radius 1 is 0.737 bits per heavy atom. The van der Waals surface area contributed by atoms with Gasteiger partial charge in [-0.25, -0.2) is 0 Å². The van der Waals surface area contributed by atoms with Crippen molar-refractivity contribution in [1.82, 2.24) is 0 Å². The van der Waals surface area contributed by atoms with Crippen LogP contribution in [0.25, 0.3) is 0 Å². The highest BCUT2D eigenvalue weighted by atomic mass is 28.4. The molecule has 0 saturated carbocycles. The highest BCUT2D eigenvalue weighted by Gasteiger charge is 2.51. The molecule has 1 atom stereocenters. The molecule has 0 aliphatic heterocycles. The molecular formula is C34H54O2Si2. The van der Waals surface area contributed by atoms with E-state index in [-0.39, 0.29) is 16.2 Å². The highest BCUT2D eigenvalue weighted by molar-refractivity contribution is 6.99. The minimum Gasteiger partial charge on any atom is -0.414 e. The number of allylic oxidation sites excluding steroid dienone is 3. The fourth-order valence-corrected chi connectivity index (χ4v) is 10.2. The lowest BCUT2D eigenvalue weighted by molar-refractivity contribution is 0.145. The lowest BCUT2D eigenvalue weighted by Gasteiger charge is -2.45. The zero-order chi connectivity index (χ0) is 28.3. The number of hydrogen-bond donors (Lipinski definition) is 0. The molecule has 0 fully saturated rings. The molecule has 0 aromatic heterocycles. The first-order valence-electron chi connectivity index (χ1n) is 14.6. The summed E-state index contributed by atoms with van der Waals surface area (Å²) < 4.78 is 14.2. The van der Waals surface area contributed by atoms with Crippen LogP contribution in [0.5, 0.6) is 0 Å². The molecule has 0 saturated heterocycles. The fraction of sp³-hybridized carbons (Fsp3) is 0.529. The van der Waals surface area contributed by atoms with Gasteiger partial charge in [0.2, 0.25) is 0 Å². The minimum atomic E-state index is -2.68. The standard InChI is InChI=1S/C34H54O2Si2/c1-10-11-12-13-14-15-16-19-24-30(29-35-37(8,9)33(2,3)4)36-38(34(5,6)7,31-25-20-17-21-26-31)32-27-22-18-23-28-32/h14-15,17-28,30H,10-13,16,29H2,1-9H3/b15-14-,24-19-/t30-/m0/s1. The van der Waals surface area contributed by atoms with Crippen molar-refractivity contribution in [3.63, 3.8) is 0 Å². The summed E-state index contributed by atoms with van der Waals surface area (Å²) in [7, 11) is -4.61. The molecule has 0 spiro atoms. The summed E-state index contributed by atoms with van der Waals surface area (Å²) in [5.74, 6) is 0. The first-order valence-corrected chi connectivity index (χ1v) is 19.4. The van der Waals surface area contributed by atoms with Crippen LogP contribution in [0.1, 0.15) is 80.6 Å². The van der Waals surface area contributed by atoms with E-state index in [1.807, 2.05) is 0 Å². The number of rotatable bonds is 14. The average Bonchev–Trinajstić information content (AvgIpc) is 2.86. The first-order chi connectivity index (χ1) is 17.8. The van der Waals surface area contributed by atoms with Gasteiger partial charge >= 0.3 is 0 Å². The Morgan fingerprint density at radius 3 is 1.76 bits per heavy atom. The molecule has 0 heterocycles. The Morgan fingerprint density at radius 2 is 1.29 bits per heavy atom. The van der Waals surface area contributed by atoms with Crippen LogP contribution in [-0.4, -0.2) is 29.3 Å². The average molecular weight is 551 g/mol. The lowest BCUT2D eigenvalue weighted by atomic mass is 10.2. The van der Waals surface area contributed by atoms with Crippen molar-refractivity contribution in [3.05, 3.63) is 85.0 Å². The largest absolute Gasteiger partial charge is 0.414 e. The third kappa shape index (κ3) is 8.91. The van der Waals surface area contributed by atoms with E-state index in [0.717, 1.165) is 12.8 Å². The van der Waals surface area contributed by atoms with Crippen LogP contribution in [0.3, 0.4) is 0 Å².